The van der Waals surface area contributed by atoms with Crippen molar-refractivity contribution in [2.75, 3.05) is 17.2 Å². The van der Waals surface area contributed by atoms with Gasteiger partial charge in [0, 0.05) is 12.6 Å². The lowest BCUT2D eigenvalue weighted by Gasteiger charge is -2.11. The third-order valence-corrected chi connectivity index (χ3v) is 3.46. The highest BCUT2D eigenvalue weighted by Gasteiger charge is 2.13. The topological polar surface area (TPSA) is 97.1 Å². The van der Waals surface area contributed by atoms with Crippen molar-refractivity contribution in [3.05, 3.63) is 53.7 Å². The normalized spacial score (nSPS) is 10.2. The number of hydrogen-bond acceptors (Lipinski definition) is 4. The van der Waals surface area contributed by atoms with Gasteiger partial charge in [0.2, 0.25) is 5.91 Å². The number of rotatable bonds is 7. The summed E-state index contributed by atoms with van der Waals surface area (Å²) in [5.74, 6) is 0.0241. The van der Waals surface area contributed by atoms with Crippen molar-refractivity contribution in [3.63, 3.8) is 0 Å². The molecule has 24 heavy (non-hydrogen) atoms. The van der Waals surface area contributed by atoms with Gasteiger partial charge >= 0.3 is 0 Å². The summed E-state index contributed by atoms with van der Waals surface area (Å²) in [5, 5.41) is 5.52. The van der Waals surface area contributed by atoms with Crippen molar-refractivity contribution in [2.45, 2.75) is 26.2 Å². The predicted molar refractivity (Wildman–Crippen MR) is 94.9 cm³/mol. The van der Waals surface area contributed by atoms with Gasteiger partial charge in [-0.1, -0.05) is 18.2 Å². The van der Waals surface area contributed by atoms with E-state index in [4.69, 9.17) is 5.73 Å². The maximum Gasteiger partial charge on any atom is 0.258 e. The van der Waals surface area contributed by atoms with Crippen LogP contribution in [0.4, 0.5) is 11.5 Å². The van der Waals surface area contributed by atoms with Crippen LogP contribution in [0.2, 0.25) is 0 Å². The average molecular weight is 326 g/mol. The lowest BCUT2D eigenvalue weighted by atomic mass is 10.1. The first kappa shape index (κ1) is 17.6. The number of hydrogen-bond donors (Lipinski definition) is 3. The molecule has 126 valence electrons. The van der Waals surface area contributed by atoms with Crippen molar-refractivity contribution in [1.29, 1.82) is 0 Å². The molecule has 0 saturated heterocycles. The molecule has 0 aliphatic carbocycles. The van der Waals surface area contributed by atoms with E-state index in [1.807, 2.05) is 13.0 Å². The monoisotopic (exact) mass is 326 g/mol. The first-order valence-electron chi connectivity index (χ1n) is 7.93. The largest absolute Gasteiger partial charge is 0.330 e. The van der Waals surface area contributed by atoms with Gasteiger partial charge in [-0.05, 0) is 50.1 Å². The van der Waals surface area contributed by atoms with Crippen LogP contribution in [0.5, 0.6) is 0 Å². The van der Waals surface area contributed by atoms with Crippen LogP contribution in [0.1, 0.15) is 35.2 Å². The van der Waals surface area contributed by atoms with E-state index in [1.54, 1.807) is 36.5 Å². The van der Waals surface area contributed by atoms with Gasteiger partial charge in [0.15, 0.2) is 0 Å². The Morgan fingerprint density at radius 2 is 1.88 bits per heavy atom. The van der Waals surface area contributed by atoms with Crippen molar-refractivity contribution < 1.29 is 9.59 Å². The van der Waals surface area contributed by atoms with E-state index in [0.29, 0.717) is 30.0 Å². The van der Waals surface area contributed by atoms with E-state index < -0.39 is 0 Å². The highest BCUT2D eigenvalue weighted by Crippen LogP contribution is 2.17. The van der Waals surface area contributed by atoms with Crippen LogP contribution < -0.4 is 16.4 Å². The zero-order valence-electron chi connectivity index (χ0n) is 13.7. The molecular weight excluding hydrogens is 304 g/mol. The minimum atomic E-state index is -0.316. The van der Waals surface area contributed by atoms with Crippen LogP contribution in [0.3, 0.4) is 0 Å². The van der Waals surface area contributed by atoms with Gasteiger partial charge in [-0.3, -0.25) is 9.59 Å². The average Bonchev–Trinajstić information content (AvgIpc) is 2.57. The molecule has 2 aromatic rings. The zero-order chi connectivity index (χ0) is 17.4. The fraction of sp³-hybridized carbons (Fsp3) is 0.278. The van der Waals surface area contributed by atoms with Gasteiger partial charge in [0.25, 0.3) is 5.91 Å². The number of pyridine rings is 1. The molecular formula is C18H22N4O2. The maximum atomic E-state index is 12.4. The number of carbonyl (C=O) groups excluding carboxylic acids is 2. The summed E-state index contributed by atoms with van der Waals surface area (Å²) in [6.07, 6.45) is 3.59. The number of unbranched alkanes of at least 4 members (excludes halogenated alkanes) is 1. The van der Waals surface area contributed by atoms with E-state index >= 15 is 0 Å². The lowest BCUT2D eigenvalue weighted by molar-refractivity contribution is -0.116. The van der Waals surface area contributed by atoms with Crippen molar-refractivity contribution in [1.82, 2.24) is 4.98 Å². The second-order valence-corrected chi connectivity index (χ2v) is 5.51. The number of aromatic nitrogens is 1. The maximum absolute atomic E-state index is 12.4. The number of aryl methyl sites for hydroxylation is 1. The van der Waals surface area contributed by atoms with Crippen LogP contribution in [0, 0.1) is 6.92 Å². The molecule has 1 aromatic carbocycles. The number of nitrogens with one attached hydrogen (secondary N) is 2. The molecule has 6 nitrogen and oxygen atoms in total. The first-order valence-corrected chi connectivity index (χ1v) is 7.93. The standard InChI is InChI=1S/C18H22N4O2/c1-13-9-10-16(20-12-13)22-18(24)14-6-2-3-7-15(14)21-17(23)8-4-5-11-19/h2-3,6-7,9-10,12H,4-5,8,11,19H2,1H3,(H,21,23)(H,20,22,24). The van der Waals surface area contributed by atoms with Crippen molar-refractivity contribution >= 4 is 23.3 Å². The Labute approximate surface area is 141 Å². The summed E-state index contributed by atoms with van der Waals surface area (Å²) in [6.45, 7) is 2.49. The zero-order valence-corrected chi connectivity index (χ0v) is 13.7. The van der Waals surface area contributed by atoms with Gasteiger partial charge in [-0.15, -0.1) is 0 Å². The lowest BCUT2D eigenvalue weighted by Crippen LogP contribution is -2.18. The second kappa shape index (κ2) is 8.79. The number of benzene rings is 1. The van der Waals surface area contributed by atoms with Crippen LogP contribution in [-0.4, -0.2) is 23.3 Å². The SMILES string of the molecule is Cc1ccc(NC(=O)c2ccccc2NC(=O)CCCCN)nc1. The molecule has 0 saturated carbocycles. The molecule has 6 heteroatoms. The molecule has 0 aliphatic rings. The number of nitrogens with two attached hydrogens (primary N) is 1. The van der Waals surface area contributed by atoms with Crippen LogP contribution in [0.25, 0.3) is 0 Å². The van der Waals surface area contributed by atoms with Gasteiger partial charge in [0.05, 0.1) is 11.3 Å². The molecule has 0 aliphatic heterocycles. The third-order valence-electron chi connectivity index (χ3n) is 3.46. The molecule has 0 radical (unpaired) electrons. The van der Waals surface area contributed by atoms with E-state index in [1.165, 1.54) is 0 Å². The van der Waals surface area contributed by atoms with E-state index in [9.17, 15) is 9.59 Å². The van der Waals surface area contributed by atoms with Crippen molar-refractivity contribution in [2.24, 2.45) is 5.73 Å². The molecule has 1 aromatic heterocycles. The summed E-state index contributed by atoms with van der Waals surface area (Å²) in [7, 11) is 0. The Morgan fingerprint density at radius 3 is 2.58 bits per heavy atom. The quantitative estimate of drug-likeness (QED) is 0.681. The summed E-state index contributed by atoms with van der Waals surface area (Å²) in [4.78, 5) is 28.6. The Balaban J connectivity index is 2.05. The van der Waals surface area contributed by atoms with Crippen LogP contribution in [-0.2, 0) is 4.79 Å². The van der Waals surface area contributed by atoms with Crippen LogP contribution in [0.15, 0.2) is 42.6 Å². The molecule has 0 spiro atoms. The van der Waals surface area contributed by atoms with E-state index in [2.05, 4.69) is 15.6 Å². The smallest absolute Gasteiger partial charge is 0.258 e. The molecule has 0 atom stereocenters. The highest BCUT2D eigenvalue weighted by atomic mass is 16.2. The van der Waals surface area contributed by atoms with Gasteiger partial charge < -0.3 is 16.4 Å². The molecule has 4 N–H and O–H groups in total. The van der Waals surface area contributed by atoms with E-state index in [0.717, 1.165) is 18.4 Å². The molecule has 0 bridgehead atoms. The molecule has 0 unspecified atom stereocenters. The number of amides is 2. The minimum absolute atomic E-state index is 0.128. The Kier molecular flexibility index (Phi) is 6.45. The van der Waals surface area contributed by atoms with Crippen LogP contribution >= 0.6 is 0 Å². The summed E-state index contributed by atoms with van der Waals surface area (Å²) in [6, 6.07) is 10.5. The summed E-state index contributed by atoms with van der Waals surface area (Å²) < 4.78 is 0. The third kappa shape index (κ3) is 5.17. The van der Waals surface area contributed by atoms with Gasteiger partial charge in [-0.25, -0.2) is 4.98 Å². The first-order chi connectivity index (χ1) is 11.6. The number of para-hydroxylation sites is 1. The minimum Gasteiger partial charge on any atom is -0.330 e. The predicted octanol–water partition coefficient (Wildman–Crippen LogP) is 2.71. The Morgan fingerprint density at radius 1 is 1.08 bits per heavy atom. The summed E-state index contributed by atoms with van der Waals surface area (Å²) in [5.41, 5.74) is 7.32. The molecule has 0 fully saturated rings. The van der Waals surface area contributed by atoms with Crippen molar-refractivity contribution in [3.8, 4) is 0 Å². The molecule has 2 amide bonds. The van der Waals surface area contributed by atoms with Gasteiger partial charge in [-0.2, -0.15) is 0 Å². The summed E-state index contributed by atoms with van der Waals surface area (Å²) >= 11 is 0. The second-order valence-electron chi connectivity index (χ2n) is 5.51. The molecule has 2 rings (SSSR count). The Bertz CT molecular complexity index is 698. The van der Waals surface area contributed by atoms with Gasteiger partial charge in [0.1, 0.15) is 5.82 Å². The number of carbonyl (C=O) groups is 2. The Hall–Kier alpha value is -2.73. The van der Waals surface area contributed by atoms with E-state index in [-0.39, 0.29) is 11.8 Å². The highest BCUT2D eigenvalue weighted by molar-refractivity contribution is 6.09. The number of anilines is 2. The number of nitrogens with zero attached hydrogens (tertiary/aromatic N) is 1. The fourth-order valence-corrected chi connectivity index (χ4v) is 2.16. The molecule has 1 heterocycles. The fourth-order valence-electron chi connectivity index (χ4n) is 2.16.